The van der Waals surface area contributed by atoms with Gasteiger partial charge in [-0.05, 0) is 173 Å². The molecule has 0 unspecified atom stereocenters. The predicted octanol–water partition coefficient (Wildman–Crippen LogP) is 12.9. The quantitative estimate of drug-likeness (QED) is 0.159. The van der Waals surface area contributed by atoms with Crippen molar-refractivity contribution in [1.82, 2.24) is 0 Å². The third kappa shape index (κ3) is 6.17. The summed E-state index contributed by atoms with van der Waals surface area (Å²) < 4.78 is 0. The molecule has 0 atom stereocenters. The van der Waals surface area contributed by atoms with E-state index in [9.17, 15) is 0 Å². The average molecular weight is 1030 g/mol. The largest absolute Gasteiger partial charge is 0.371 e. The number of hydrogen-bond donors (Lipinski definition) is 0. The molecule has 0 amide bonds. The number of fused-ring (bicyclic) bond motifs is 12. The van der Waals surface area contributed by atoms with Gasteiger partial charge in [-0.2, -0.15) is 0 Å². The molecule has 8 heteroatoms. The van der Waals surface area contributed by atoms with Crippen LogP contribution in [-0.4, -0.2) is 39.6 Å². The first-order valence-corrected chi connectivity index (χ1v) is 29.6. The third-order valence-corrected chi connectivity index (χ3v) is 19.4. The molecule has 10 aromatic carbocycles. The summed E-state index contributed by atoms with van der Waals surface area (Å²) >= 11 is 0. The Labute approximate surface area is 469 Å². The Bertz CT molecular complexity index is 4200. The van der Waals surface area contributed by atoms with Gasteiger partial charge in [-0.3, -0.25) is 0 Å². The maximum atomic E-state index is 2.80. The first-order chi connectivity index (χ1) is 39.8. The molecule has 0 saturated heterocycles. The Morgan fingerprint density at radius 1 is 0.275 bits per heavy atom. The fourth-order valence-corrected chi connectivity index (χ4v) is 16.5. The van der Waals surface area contributed by atoms with Gasteiger partial charge in [-0.1, -0.05) is 146 Å². The smallest absolute Gasteiger partial charge is 0.252 e. The summed E-state index contributed by atoms with van der Waals surface area (Å²) in [6, 6.07) is 78.9. The standard InChI is InChI=1S/C72H58B2N6/c1-5-23-47(24-6-1)51-31-13-16-38-60(51)80-64-46-63-58(45-59(64)74-57-37-15-18-40-62(57)78(49-27-9-3-10-28-49)70-53-33-20-43-76-44-22-35-55(68(53)76)72(80)66(70)74)73-56-36-14-17-39-61(56)77(48-25-7-2-8-26-48)69-52-32-19-41-75-42-21-34-54(67(52)75)71(65(69)73)79(63)50-29-11-4-12-30-50/h1-18,23-31,36-40,45-46H,19-22,32-35,41-44H2. The molecule has 10 aromatic rings. The van der Waals surface area contributed by atoms with E-state index in [1.165, 1.54) is 146 Å². The summed E-state index contributed by atoms with van der Waals surface area (Å²) in [5.41, 5.74) is 35.5. The van der Waals surface area contributed by atoms with Crippen LogP contribution in [0.15, 0.2) is 206 Å². The van der Waals surface area contributed by atoms with Crippen LogP contribution in [0.1, 0.15) is 47.9 Å². The SMILES string of the molecule is c1ccc(-c2ccccc2N2c3cc4c(cc3B3c5ccccc5N(c5ccccc5)c5c6c7c(c2c53)CCCN7CCC6)B2c3ccccc3N(c3ccccc3)c3c5c6c(c(c32)N4c2ccccc2)CCCN6CCC5)cc1. The van der Waals surface area contributed by atoms with Gasteiger partial charge in [0.2, 0.25) is 0 Å². The van der Waals surface area contributed by atoms with E-state index in [2.05, 4.69) is 236 Å². The van der Waals surface area contributed by atoms with Gasteiger partial charge >= 0.3 is 0 Å². The normalized spacial score (nSPS) is 16.4. The molecule has 0 saturated carbocycles. The second-order valence-electron chi connectivity index (χ2n) is 23.4. The summed E-state index contributed by atoms with van der Waals surface area (Å²) in [7, 11) is 0. The summed E-state index contributed by atoms with van der Waals surface area (Å²) in [6.07, 6.45) is 8.82. The maximum Gasteiger partial charge on any atom is 0.252 e. The molecule has 0 fully saturated rings. The molecule has 382 valence electrons. The van der Waals surface area contributed by atoms with E-state index >= 15 is 0 Å². The van der Waals surface area contributed by atoms with Crippen molar-refractivity contribution in [1.29, 1.82) is 0 Å². The second-order valence-corrected chi connectivity index (χ2v) is 23.4. The molecular weight excluding hydrogens is 970 g/mol. The lowest BCUT2D eigenvalue weighted by Gasteiger charge is -2.51. The van der Waals surface area contributed by atoms with E-state index in [0.29, 0.717) is 0 Å². The van der Waals surface area contributed by atoms with Crippen LogP contribution in [0.2, 0.25) is 0 Å². The summed E-state index contributed by atoms with van der Waals surface area (Å²) in [4.78, 5) is 16.4. The molecule has 8 aliphatic rings. The van der Waals surface area contributed by atoms with E-state index in [4.69, 9.17) is 0 Å². The van der Waals surface area contributed by atoms with Crippen LogP contribution in [0, 0.1) is 0 Å². The van der Waals surface area contributed by atoms with Crippen molar-refractivity contribution < 1.29 is 0 Å². The Balaban J connectivity index is 1.02. The molecule has 80 heavy (non-hydrogen) atoms. The highest BCUT2D eigenvalue weighted by Crippen LogP contribution is 2.57. The Kier molecular flexibility index (Phi) is 9.75. The number of hydrogen-bond acceptors (Lipinski definition) is 6. The lowest BCUT2D eigenvalue weighted by atomic mass is 9.30. The van der Waals surface area contributed by atoms with Crippen LogP contribution in [0.5, 0.6) is 0 Å². The van der Waals surface area contributed by atoms with Crippen molar-refractivity contribution >= 4 is 126 Å². The molecule has 8 heterocycles. The van der Waals surface area contributed by atoms with Crippen LogP contribution in [-0.2, 0) is 25.7 Å². The second kappa shape index (κ2) is 17.3. The van der Waals surface area contributed by atoms with E-state index in [-0.39, 0.29) is 13.4 Å². The van der Waals surface area contributed by atoms with Gasteiger partial charge in [0.1, 0.15) is 0 Å². The lowest BCUT2D eigenvalue weighted by Crippen LogP contribution is -2.66. The van der Waals surface area contributed by atoms with Gasteiger partial charge in [0, 0.05) is 106 Å². The molecule has 8 aliphatic heterocycles. The topological polar surface area (TPSA) is 19.4 Å². The van der Waals surface area contributed by atoms with E-state index in [0.717, 1.165) is 77.5 Å². The molecule has 0 N–H and O–H groups in total. The van der Waals surface area contributed by atoms with E-state index in [1.54, 1.807) is 0 Å². The molecule has 0 radical (unpaired) electrons. The highest BCUT2D eigenvalue weighted by atomic mass is 15.2. The van der Waals surface area contributed by atoms with E-state index < -0.39 is 0 Å². The van der Waals surface area contributed by atoms with Crippen molar-refractivity contribution in [2.24, 2.45) is 0 Å². The van der Waals surface area contributed by atoms with Gasteiger partial charge in [-0.15, -0.1) is 0 Å². The van der Waals surface area contributed by atoms with Crippen molar-refractivity contribution in [2.45, 2.75) is 51.4 Å². The lowest BCUT2D eigenvalue weighted by molar-refractivity contribution is 0.635. The summed E-state index contributed by atoms with van der Waals surface area (Å²) in [5.74, 6) is 0. The zero-order valence-electron chi connectivity index (χ0n) is 45.0. The van der Waals surface area contributed by atoms with Crippen LogP contribution < -0.4 is 62.2 Å². The van der Waals surface area contributed by atoms with Crippen LogP contribution in [0.4, 0.5) is 79.6 Å². The van der Waals surface area contributed by atoms with Crippen molar-refractivity contribution in [2.75, 3.05) is 55.6 Å². The van der Waals surface area contributed by atoms with Gasteiger partial charge in [0.05, 0.1) is 5.69 Å². The average Bonchev–Trinajstić information content (AvgIpc) is 3.58. The van der Waals surface area contributed by atoms with Crippen LogP contribution in [0.3, 0.4) is 0 Å². The van der Waals surface area contributed by atoms with Gasteiger partial charge < -0.3 is 29.4 Å². The van der Waals surface area contributed by atoms with E-state index in [1.807, 2.05) is 0 Å². The molecule has 6 nitrogen and oxygen atoms in total. The third-order valence-electron chi connectivity index (χ3n) is 19.4. The zero-order chi connectivity index (χ0) is 52.2. The van der Waals surface area contributed by atoms with Gasteiger partial charge in [0.15, 0.2) is 0 Å². The van der Waals surface area contributed by atoms with Crippen molar-refractivity contribution in [3.63, 3.8) is 0 Å². The molecule has 18 rings (SSSR count). The molecule has 0 aromatic heterocycles. The number of benzene rings is 10. The Morgan fingerprint density at radius 3 is 1.07 bits per heavy atom. The number of nitrogens with zero attached hydrogens (tertiary/aromatic N) is 6. The molecule has 0 spiro atoms. The number of anilines is 14. The van der Waals surface area contributed by atoms with Gasteiger partial charge in [-0.25, -0.2) is 0 Å². The first-order valence-electron chi connectivity index (χ1n) is 29.6. The zero-order valence-corrected chi connectivity index (χ0v) is 45.0. The molecular formula is C72H58B2N6. The minimum atomic E-state index is -0.0283. The Hall–Kier alpha value is -8.87. The maximum absolute atomic E-state index is 2.80. The minimum absolute atomic E-state index is 0.0147. The summed E-state index contributed by atoms with van der Waals surface area (Å²) in [6.45, 7) is 4.35. The monoisotopic (exact) mass is 1030 g/mol. The highest BCUT2D eigenvalue weighted by molar-refractivity contribution is 7.03. The van der Waals surface area contributed by atoms with Crippen molar-refractivity contribution in [3.8, 4) is 11.1 Å². The number of para-hydroxylation sites is 6. The summed E-state index contributed by atoms with van der Waals surface area (Å²) in [5, 5.41) is 0. The molecule has 0 bridgehead atoms. The first kappa shape index (κ1) is 45.0. The fraction of sp³-hybridized carbons (Fsp3) is 0.167. The Morgan fingerprint density at radius 2 is 0.625 bits per heavy atom. The predicted molar refractivity (Wildman–Crippen MR) is 338 cm³/mol. The van der Waals surface area contributed by atoms with Crippen LogP contribution >= 0.6 is 0 Å². The van der Waals surface area contributed by atoms with Crippen LogP contribution in [0.25, 0.3) is 11.1 Å². The van der Waals surface area contributed by atoms with Gasteiger partial charge in [0.25, 0.3) is 13.4 Å². The molecule has 0 aliphatic carbocycles. The highest BCUT2D eigenvalue weighted by Gasteiger charge is 2.52. The van der Waals surface area contributed by atoms with Crippen molar-refractivity contribution in [3.05, 3.63) is 229 Å². The minimum Gasteiger partial charge on any atom is -0.371 e. The fourth-order valence-electron chi connectivity index (χ4n) is 16.5. The number of rotatable bonds is 5.